The van der Waals surface area contributed by atoms with Crippen molar-refractivity contribution in [1.82, 2.24) is 29.7 Å². The van der Waals surface area contributed by atoms with Gasteiger partial charge in [-0.1, -0.05) is 0 Å². The lowest BCUT2D eigenvalue weighted by atomic mass is 10.2. The van der Waals surface area contributed by atoms with Gasteiger partial charge in [-0.25, -0.2) is 19.6 Å². The Morgan fingerprint density at radius 2 is 1.18 bits per heavy atom. The van der Waals surface area contributed by atoms with E-state index < -0.39 is 11.2 Å². The van der Waals surface area contributed by atoms with Gasteiger partial charge < -0.3 is 19.4 Å². The molecule has 2 aliphatic heterocycles. The van der Waals surface area contributed by atoms with Crippen molar-refractivity contribution in [3.8, 4) is 23.7 Å². The lowest BCUT2D eigenvalue weighted by molar-refractivity contribution is 0.0208. The number of likely N-dealkylation sites (tertiary alicyclic amines) is 2. The first-order valence-electron chi connectivity index (χ1n) is 13.0. The van der Waals surface area contributed by atoms with Gasteiger partial charge in [0.25, 0.3) is 0 Å². The smallest absolute Gasteiger partial charge is 0.410 e. The average molecular weight is 521 g/mol. The zero-order chi connectivity index (χ0) is 27.5. The van der Waals surface area contributed by atoms with Crippen molar-refractivity contribution in [2.75, 3.05) is 13.1 Å². The second kappa shape index (κ2) is 10.8. The van der Waals surface area contributed by atoms with E-state index in [9.17, 15) is 9.59 Å². The van der Waals surface area contributed by atoms with E-state index >= 15 is 0 Å². The lowest BCUT2D eigenvalue weighted by Crippen LogP contribution is -2.36. The molecule has 2 atom stereocenters. The van der Waals surface area contributed by atoms with E-state index in [0.717, 1.165) is 25.7 Å². The van der Waals surface area contributed by atoms with E-state index in [-0.39, 0.29) is 24.3 Å². The van der Waals surface area contributed by atoms with Crippen molar-refractivity contribution in [1.29, 1.82) is 0 Å². The number of hydrogen-bond acceptors (Lipinski definition) is 6. The molecule has 2 saturated heterocycles. The molecule has 2 amide bonds. The maximum atomic E-state index is 12.6. The van der Waals surface area contributed by atoms with E-state index in [0.29, 0.717) is 36.1 Å². The van der Waals surface area contributed by atoms with Gasteiger partial charge in [-0.2, -0.15) is 0 Å². The minimum Gasteiger partial charge on any atom is -0.444 e. The van der Waals surface area contributed by atoms with Crippen LogP contribution in [0.4, 0.5) is 9.59 Å². The van der Waals surface area contributed by atoms with Gasteiger partial charge in [-0.3, -0.25) is 9.80 Å². The number of rotatable bonds is 2. The Kier molecular flexibility index (Phi) is 7.73. The van der Waals surface area contributed by atoms with Crippen LogP contribution >= 0.6 is 0 Å². The quantitative estimate of drug-likeness (QED) is 0.556. The fourth-order valence-electron chi connectivity index (χ4n) is 4.52. The molecular weight excluding hydrogens is 484 g/mol. The molecule has 2 aromatic heterocycles. The first-order chi connectivity index (χ1) is 17.9. The second-order valence-electron chi connectivity index (χ2n) is 11.5. The summed E-state index contributed by atoms with van der Waals surface area (Å²) in [5.41, 5.74) is 0.142. The number of carbonyl (C=O) groups excluding carboxylic acids is 2. The maximum Gasteiger partial charge on any atom is 0.410 e. The highest BCUT2D eigenvalue weighted by atomic mass is 16.6. The molecule has 2 unspecified atom stereocenters. The number of amides is 2. The van der Waals surface area contributed by atoms with Crippen molar-refractivity contribution >= 4 is 12.2 Å². The molecule has 10 nitrogen and oxygen atoms in total. The van der Waals surface area contributed by atoms with Gasteiger partial charge in [0.15, 0.2) is 0 Å². The monoisotopic (exact) mass is 520 g/mol. The molecule has 0 bridgehead atoms. The summed E-state index contributed by atoms with van der Waals surface area (Å²) in [5, 5.41) is 0. The highest BCUT2D eigenvalue weighted by molar-refractivity contribution is 5.69. The molecule has 2 fully saturated rings. The molecule has 0 saturated carbocycles. The Morgan fingerprint density at radius 3 is 1.55 bits per heavy atom. The first-order valence-corrected chi connectivity index (χ1v) is 13.0. The first kappa shape index (κ1) is 27.1. The predicted octanol–water partition coefficient (Wildman–Crippen LogP) is 4.68. The Balaban J connectivity index is 1.38. The maximum absolute atomic E-state index is 12.6. The molecular formula is C28H36N6O4. The van der Waals surface area contributed by atoms with Crippen molar-refractivity contribution < 1.29 is 19.1 Å². The topological polar surface area (TPSA) is 116 Å². The van der Waals surface area contributed by atoms with E-state index in [1.54, 1.807) is 22.2 Å². The average Bonchev–Trinajstić information content (AvgIpc) is 3.60. The normalized spacial score (nSPS) is 19.4. The molecule has 10 heteroatoms. The van der Waals surface area contributed by atoms with Gasteiger partial charge in [0.05, 0.1) is 24.5 Å². The molecule has 0 spiro atoms. The Hall–Kier alpha value is -3.92. The third-order valence-electron chi connectivity index (χ3n) is 6.04. The van der Waals surface area contributed by atoms with Crippen LogP contribution in [0.1, 0.15) is 102 Å². The molecule has 38 heavy (non-hydrogen) atoms. The van der Waals surface area contributed by atoms with E-state index in [1.165, 1.54) is 0 Å². The molecule has 2 N–H and O–H groups in total. The lowest BCUT2D eigenvalue weighted by Gasteiger charge is -2.27. The molecule has 4 rings (SSSR count). The van der Waals surface area contributed by atoms with Crippen LogP contribution in [0.2, 0.25) is 0 Å². The van der Waals surface area contributed by atoms with Gasteiger partial charge in [0, 0.05) is 13.1 Å². The number of nitrogens with zero attached hydrogens (tertiary/aromatic N) is 4. The van der Waals surface area contributed by atoms with Gasteiger partial charge in [0.2, 0.25) is 0 Å². The van der Waals surface area contributed by atoms with Gasteiger partial charge >= 0.3 is 12.2 Å². The van der Waals surface area contributed by atoms with Crippen LogP contribution in [-0.4, -0.2) is 66.2 Å². The number of aromatic amines is 2. The zero-order valence-corrected chi connectivity index (χ0v) is 23.0. The SMILES string of the molecule is CC(C)(C)OC(=O)N1CCCC1c1ncc(C#CC#Cc2cnc(C3CCCN3C(=O)OC(C)(C)C)[nH]2)[nH]1. The van der Waals surface area contributed by atoms with Crippen LogP contribution in [0.3, 0.4) is 0 Å². The molecule has 0 aromatic carbocycles. The summed E-state index contributed by atoms with van der Waals surface area (Å²) in [6, 6.07) is -0.323. The molecule has 4 heterocycles. The highest BCUT2D eigenvalue weighted by Crippen LogP contribution is 2.32. The predicted molar refractivity (Wildman–Crippen MR) is 141 cm³/mol. The van der Waals surface area contributed by atoms with Gasteiger partial charge in [-0.05, 0) is 90.9 Å². The second-order valence-corrected chi connectivity index (χ2v) is 11.5. The molecule has 2 aliphatic rings. The number of carbonyl (C=O) groups is 2. The number of imidazole rings is 2. The summed E-state index contributed by atoms with van der Waals surface area (Å²) in [7, 11) is 0. The summed E-state index contributed by atoms with van der Waals surface area (Å²) < 4.78 is 11.1. The van der Waals surface area contributed by atoms with Crippen LogP contribution in [0.25, 0.3) is 0 Å². The third kappa shape index (κ3) is 6.89. The van der Waals surface area contributed by atoms with E-state index in [1.807, 2.05) is 41.5 Å². The van der Waals surface area contributed by atoms with Crippen LogP contribution in [0.5, 0.6) is 0 Å². The largest absolute Gasteiger partial charge is 0.444 e. The summed E-state index contributed by atoms with van der Waals surface area (Å²) in [5.74, 6) is 13.0. The number of nitrogens with one attached hydrogen (secondary N) is 2. The molecule has 0 aliphatic carbocycles. The summed E-state index contributed by atoms with van der Waals surface area (Å²) >= 11 is 0. The number of aromatic nitrogens is 4. The highest BCUT2D eigenvalue weighted by Gasteiger charge is 2.36. The summed E-state index contributed by atoms with van der Waals surface area (Å²) in [4.78, 5) is 43.9. The Morgan fingerprint density at radius 1 is 0.789 bits per heavy atom. The van der Waals surface area contributed by atoms with E-state index in [4.69, 9.17) is 9.47 Å². The van der Waals surface area contributed by atoms with E-state index in [2.05, 4.69) is 43.6 Å². The van der Waals surface area contributed by atoms with Crippen molar-refractivity contribution in [3.05, 3.63) is 35.4 Å². The zero-order valence-electron chi connectivity index (χ0n) is 23.0. The van der Waals surface area contributed by atoms with Crippen LogP contribution in [0, 0.1) is 23.7 Å². The summed E-state index contributed by atoms with van der Waals surface area (Å²) in [6.45, 7) is 12.4. The standard InChI is InChI=1S/C28H36N6O4/c1-27(2,3)37-25(35)33-15-9-13-21(33)23-29-17-19(31-23)11-7-8-12-20-18-30-24(32-20)22-14-10-16-34(22)26(36)38-28(4,5)6/h17-18,21-22H,9-10,13-16H2,1-6H3,(H,29,31)(H,30,32). The number of hydrogen-bond donors (Lipinski definition) is 2. The van der Waals surface area contributed by atoms with Gasteiger partial charge in [-0.15, -0.1) is 0 Å². The molecule has 202 valence electrons. The fraction of sp³-hybridized carbons (Fsp3) is 0.571. The molecule has 2 aromatic rings. The van der Waals surface area contributed by atoms with Crippen molar-refractivity contribution in [2.24, 2.45) is 0 Å². The third-order valence-corrected chi connectivity index (χ3v) is 6.04. The Labute approximate surface area is 223 Å². The van der Waals surface area contributed by atoms with Crippen LogP contribution in [0.15, 0.2) is 12.4 Å². The van der Waals surface area contributed by atoms with Gasteiger partial charge in [0.1, 0.15) is 34.2 Å². The van der Waals surface area contributed by atoms with Crippen LogP contribution in [-0.2, 0) is 9.47 Å². The number of H-pyrrole nitrogens is 2. The minimum atomic E-state index is -0.549. The molecule has 0 radical (unpaired) electrons. The summed E-state index contributed by atoms with van der Waals surface area (Å²) in [6.07, 6.45) is 6.03. The fourth-order valence-corrected chi connectivity index (χ4v) is 4.52. The minimum absolute atomic E-state index is 0.161. The Bertz CT molecular complexity index is 1190. The van der Waals surface area contributed by atoms with Crippen molar-refractivity contribution in [3.63, 3.8) is 0 Å². The number of ether oxygens (including phenoxy) is 2. The van der Waals surface area contributed by atoms with Crippen LogP contribution < -0.4 is 0 Å². The van der Waals surface area contributed by atoms with Crippen molar-refractivity contribution in [2.45, 2.75) is 90.5 Å².